The zero-order valence-electron chi connectivity index (χ0n) is 10.9. The molecule has 0 unspecified atom stereocenters. The van der Waals surface area contributed by atoms with Crippen molar-refractivity contribution in [3.63, 3.8) is 0 Å². The molecule has 0 aliphatic carbocycles. The summed E-state index contributed by atoms with van der Waals surface area (Å²) in [6.45, 7) is 3.49. The number of tetrazole rings is 1. The molecule has 0 atom stereocenters. The number of hydrogen-bond donors (Lipinski definition) is 1. The van der Waals surface area contributed by atoms with Crippen LogP contribution in [0.15, 0.2) is 18.2 Å². The maximum atomic E-state index is 13.7. The lowest BCUT2D eigenvalue weighted by atomic mass is 10.3. The molecular formula is C12H16FN5O. The van der Waals surface area contributed by atoms with E-state index in [0.717, 1.165) is 13.0 Å². The molecule has 2 rings (SSSR count). The molecule has 0 radical (unpaired) electrons. The third-order valence-electron chi connectivity index (χ3n) is 2.62. The fourth-order valence-corrected chi connectivity index (χ4v) is 1.68. The van der Waals surface area contributed by atoms with Gasteiger partial charge in [0.25, 0.3) is 0 Å². The average molecular weight is 265 g/mol. The van der Waals surface area contributed by atoms with Crippen LogP contribution in [0.1, 0.15) is 19.2 Å². The first-order chi connectivity index (χ1) is 9.26. The summed E-state index contributed by atoms with van der Waals surface area (Å²) in [6, 6.07) is 4.61. The largest absolute Gasteiger partial charge is 0.494 e. The molecule has 2 aromatic rings. The molecule has 0 saturated carbocycles. The molecule has 0 aliphatic heterocycles. The Labute approximate surface area is 110 Å². The van der Waals surface area contributed by atoms with Crippen LogP contribution in [0.2, 0.25) is 0 Å². The number of methoxy groups -OCH3 is 1. The molecule has 1 aromatic heterocycles. The van der Waals surface area contributed by atoms with E-state index in [9.17, 15) is 4.39 Å². The highest BCUT2D eigenvalue weighted by Gasteiger charge is 2.10. The second-order valence-electron chi connectivity index (χ2n) is 4.00. The highest BCUT2D eigenvalue weighted by atomic mass is 19.1. The van der Waals surface area contributed by atoms with Gasteiger partial charge in [-0.2, -0.15) is 4.68 Å². The first kappa shape index (κ1) is 13.4. The van der Waals surface area contributed by atoms with Crippen molar-refractivity contribution >= 4 is 0 Å². The zero-order chi connectivity index (χ0) is 13.7. The van der Waals surface area contributed by atoms with E-state index in [0.29, 0.717) is 18.1 Å². The van der Waals surface area contributed by atoms with Gasteiger partial charge in [0.15, 0.2) is 17.4 Å². The first-order valence-electron chi connectivity index (χ1n) is 6.08. The summed E-state index contributed by atoms with van der Waals surface area (Å²) in [5.41, 5.74) is 0.566. The van der Waals surface area contributed by atoms with Gasteiger partial charge in [-0.15, -0.1) is 5.10 Å². The summed E-state index contributed by atoms with van der Waals surface area (Å²) in [4.78, 5) is 0. The molecule has 0 spiro atoms. The molecule has 1 N–H and O–H groups in total. The van der Waals surface area contributed by atoms with Gasteiger partial charge in [-0.1, -0.05) is 6.92 Å². The SMILES string of the molecule is CCCNCc1nnnn1-c1ccc(OC)c(F)c1. The highest BCUT2D eigenvalue weighted by Crippen LogP contribution is 2.19. The normalized spacial score (nSPS) is 10.7. The van der Waals surface area contributed by atoms with Crippen LogP contribution in [0.5, 0.6) is 5.75 Å². The van der Waals surface area contributed by atoms with Crippen LogP contribution >= 0.6 is 0 Å². The lowest BCUT2D eigenvalue weighted by Gasteiger charge is -2.07. The fraction of sp³-hybridized carbons (Fsp3) is 0.417. The van der Waals surface area contributed by atoms with Gasteiger partial charge < -0.3 is 10.1 Å². The minimum Gasteiger partial charge on any atom is -0.494 e. The minimum absolute atomic E-state index is 0.197. The van der Waals surface area contributed by atoms with Crippen LogP contribution in [0.4, 0.5) is 4.39 Å². The molecule has 19 heavy (non-hydrogen) atoms. The molecular weight excluding hydrogens is 249 g/mol. The standard InChI is InChI=1S/C12H16FN5O/c1-3-6-14-8-12-15-16-17-18(12)9-4-5-11(19-2)10(13)7-9/h4-5,7,14H,3,6,8H2,1-2H3. The van der Waals surface area contributed by atoms with Gasteiger partial charge in [-0.3, -0.25) is 0 Å². The summed E-state index contributed by atoms with van der Waals surface area (Å²) in [5, 5.41) is 14.6. The number of ether oxygens (including phenoxy) is 1. The van der Waals surface area contributed by atoms with Crippen molar-refractivity contribution in [1.29, 1.82) is 0 Å². The van der Waals surface area contributed by atoms with Crippen molar-refractivity contribution in [2.75, 3.05) is 13.7 Å². The zero-order valence-corrected chi connectivity index (χ0v) is 10.9. The number of aromatic nitrogens is 4. The lowest BCUT2D eigenvalue weighted by Crippen LogP contribution is -2.17. The summed E-state index contributed by atoms with van der Waals surface area (Å²) in [5.74, 6) is 0.392. The summed E-state index contributed by atoms with van der Waals surface area (Å²) in [7, 11) is 1.43. The number of hydrogen-bond acceptors (Lipinski definition) is 5. The van der Waals surface area contributed by atoms with Crippen molar-refractivity contribution < 1.29 is 9.13 Å². The maximum Gasteiger partial charge on any atom is 0.170 e. The van der Waals surface area contributed by atoms with Gasteiger partial charge in [0.05, 0.1) is 19.3 Å². The number of benzene rings is 1. The lowest BCUT2D eigenvalue weighted by molar-refractivity contribution is 0.386. The maximum absolute atomic E-state index is 13.7. The Bertz CT molecular complexity index is 543. The van der Waals surface area contributed by atoms with Crippen LogP contribution in [0, 0.1) is 5.82 Å². The van der Waals surface area contributed by atoms with Crippen molar-refractivity contribution in [2.24, 2.45) is 0 Å². The Morgan fingerprint density at radius 1 is 1.42 bits per heavy atom. The number of nitrogens with zero attached hydrogens (tertiary/aromatic N) is 4. The van der Waals surface area contributed by atoms with Crippen LogP contribution < -0.4 is 10.1 Å². The summed E-state index contributed by atoms with van der Waals surface area (Å²) in [6.07, 6.45) is 1.03. The van der Waals surface area contributed by atoms with Gasteiger partial charge in [0, 0.05) is 6.07 Å². The number of halogens is 1. The van der Waals surface area contributed by atoms with Gasteiger partial charge in [-0.25, -0.2) is 4.39 Å². The Kier molecular flexibility index (Phi) is 4.40. The quantitative estimate of drug-likeness (QED) is 0.798. The van der Waals surface area contributed by atoms with Gasteiger partial charge in [0.2, 0.25) is 0 Å². The Morgan fingerprint density at radius 2 is 2.26 bits per heavy atom. The first-order valence-corrected chi connectivity index (χ1v) is 6.08. The smallest absolute Gasteiger partial charge is 0.170 e. The number of rotatable bonds is 6. The van der Waals surface area contributed by atoms with E-state index < -0.39 is 5.82 Å². The van der Waals surface area contributed by atoms with E-state index in [-0.39, 0.29) is 5.75 Å². The second-order valence-corrected chi connectivity index (χ2v) is 4.00. The van der Waals surface area contributed by atoms with Gasteiger partial charge in [0.1, 0.15) is 0 Å². The molecule has 1 heterocycles. The third kappa shape index (κ3) is 3.05. The van der Waals surface area contributed by atoms with E-state index in [2.05, 4.69) is 27.8 Å². The summed E-state index contributed by atoms with van der Waals surface area (Å²) < 4.78 is 20.0. The van der Waals surface area contributed by atoms with Crippen LogP contribution in [-0.4, -0.2) is 33.9 Å². The Balaban J connectivity index is 2.22. The van der Waals surface area contributed by atoms with Crippen LogP contribution in [0.3, 0.4) is 0 Å². The average Bonchev–Trinajstić information content (AvgIpc) is 2.87. The number of nitrogens with one attached hydrogen (secondary N) is 1. The van der Waals surface area contributed by atoms with Gasteiger partial charge >= 0.3 is 0 Å². The molecule has 7 heteroatoms. The molecule has 0 fully saturated rings. The Morgan fingerprint density at radius 3 is 2.95 bits per heavy atom. The molecule has 0 amide bonds. The summed E-state index contributed by atoms with van der Waals surface area (Å²) >= 11 is 0. The fourth-order valence-electron chi connectivity index (χ4n) is 1.68. The molecule has 0 bridgehead atoms. The van der Waals surface area contributed by atoms with Crippen molar-refractivity contribution in [3.05, 3.63) is 29.8 Å². The highest BCUT2D eigenvalue weighted by molar-refractivity contribution is 5.38. The minimum atomic E-state index is -0.442. The predicted molar refractivity (Wildman–Crippen MR) is 67.7 cm³/mol. The molecule has 102 valence electrons. The van der Waals surface area contributed by atoms with E-state index >= 15 is 0 Å². The van der Waals surface area contributed by atoms with Crippen molar-refractivity contribution in [1.82, 2.24) is 25.5 Å². The van der Waals surface area contributed by atoms with Crippen molar-refractivity contribution in [2.45, 2.75) is 19.9 Å². The molecule has 1 aromatic carbocycles. The van der Waals surface area contributed by atoms with Crippen molar-refractivity contribution in [3.8, 4) is 11.4 Å². The van der Waals surface area contributed by atoms with E-state index in [1.807, 2.05) is 0 Å². The molecule has 0 saturated heterocycles. The predicted octanol–water partition coefficient (Wildman–Crippen LogP) is 1.31. The van der Waals surface area contributed by atoms with Crippen LogP contribution in [-0.2, 0) is 6.54 Å². The molecule has 6 nitrogen and oxygen atoms in total. The van der Waals surface area contributed by atoms with E-state index in [1.165, 1.54) is 17.9 Å². The Hall–Kier alpha value is -2.02. The van der Waals surface area contributed by atoms with Crippen LogP contribution in [0.25, 0.3) is 5.69 Å². The van der Waals surface area contributed by atoms with Gasteiger partial charge in [-0.05, 0) is 35.5 Å². The second kappa shape index (κ2) is 6.24. The topological polar surface area (TPSA) is 64.9 Å². The van der Waals surface area contributed by atoms with E-state index in [4.69, 9.17) is 4.74 Å². The molecule has 0 aliphatic rings. The third-order valence-corrected chi connectivity index (χ3v) is 2.62. The monoisotopic (exact) mass is 265 g/mol. The van der Waals surface area contributed by atoms with E-state index in [1.54, 1.807) is 12.1 Å².